The second-order valence-electron chi connectivity index (χ2n) is 7.09. The Labute approximate surface area is 169 Å². The molecule has 0 unspecified atom stereocenters. The van der Waals surface area contributed by atoms with E-state index in [9.17, 15) is 23.3 Å². The zero-order valence-corrected chi connectivity index (χ0v) is 16.9. The molecule has 1 aliphatic rings. The Balaban J connectivity index is 1.73. The van der Waals surface area contributed by atoms with Crippen LogP contribution < -0.4 is 5.32 Å². The fourth-order valence-corrected chi connectivity index (χ4v) is 5.09. The Hall–Kier alpha value is -2.78. The van der Waals surface area contributed by atoms with E-state index in [0.717, 1.165) is 19.3 Å². The molecule has 9 heteroatoms. The van der Waals surface area contributed by atoms with Crippen molar-refractivity contribution >= 4 is 27.3 Å². The number of aryl methyl sites for hydroxylation is 1. The van der Waals surface area contributed by atoms with E-state index >= 15 is 0 Å². The number of carbonyl (C=O) groups is 1. The molecule has 8 nitrogen and oxygen atoms in total. The predicted molar refractivity (Wildman–Crippen MR) is 109 cm³/mol. The number of sulfonamides is 1. The zero-order chi connectivity index (χ0) is 21.0. The predicted octanol–water partition coefficient (Wildman–Crippen LogP) is 3.26. The fourth-order valence-electron chi connectivity index (χ4n) is 3.33. The van der Waals surface area contributed by atoms with Gasteiger partial charge in [0.15, 0.2) is 0 Å². The van der Waals surface area contributed by atoms with Crippen LogP contribution in [0, 0.1) is 17.0 Å². The lowest BCUT2D eigenvalue weighted by Crippen LogP contribution is -2.36. The summed E-state index contributed by atoms with van der Waals surface area (Å²) in [7, 11) is -3.60. The van der Waals surface area contributed by atoms with Crippen LogP contribution in [0.25, 0.3) is 0 Å². The molecular formula is C20H23N3O5S. The van der Waals surface area contributed by atoms with Gasteiger partial charge in [0.05, 0.1) is 16.2 Å². The Morgan fingerprint density at radius 3 is 2.38 bits per heavy atom. The van der Waals surface area contributed by atoms with E-state index in [2.05, 4.69) is 5.32 Å². The minimum atomic E-state index is -3.60. The van der Waals surface area contributed by atoms with Gasteiger partial charge in [-0.15, -0.1) is 0 Å². The standard InChI is InChI=1S/C20H23N3O5S/c1-15-5-8-17(14-19(15)29(27,28)22-11-3-2-4-12-22)21-20(24)13-16-6-9-18(10-7-16)23(25)26/h5-10,14H,2-4,11-13H2,1H3,(H,21,24). The molecule has 1 heterocycles. The number of carbonyl (C=O) groups excluding carboxylic acids is 1. The normalized spacial score (nSPS) is 15.1. The average molecular weight is 417 g/mol. The number of nitrogens with one attached hydrogen (secondary N) is 1. The maximum Gasteiger partial charge on any atom is 0.269 e. The van der Waals surface area contributed by atoms with Gasteiger partial charge in [-0.2, -0.15) is 4.31 Å². The molecule has 29 heavy (non-hydrogen) atoms. The zero-order valence-electron chi connectivity index (χ0n) is 16.1. The van der Waals surface area contributed by atoms with Crippen molar-refractivity contribution in [1.82, 2.24) is 4.31 Å². The highest BCUT2D eigenvalue weighted by molar-refractivity contribution is 7.89. The van der Waals surface area contributed by atoms with Gasteiger partial charge >= 0.3 is 0 Å². The van der Waals surface area contributed by atoms with Gasteiger partial charge in [-0.1, -0.05) is 24.6 Å². The van der Waals surface area contributed by atoms with Gasteiger partial charge in [0.25, 0.3) is 5.69 Å². The summed E-state index contributed by atoms with van der Waals surface area (Å²) >= 11 is 0. The van der Waals surface area contributed by atoms with Crippen molar-refractivity contribution in [2.45, 2.75) is 37.5 Å². The van der Waals surface area contributed by atoms with Crippen LogP contribution in [0.3, 0.4) is 0 Å². The highest BCUT2D eigenvalue weighted by atomic mass is 32.2. The molecule has 0 aromatic heterocycles. The van der Waals surface area contributed by atoms with Crippen molar-refractivity contribution in [3.05, 3.63) is 63.7 Å². The number of hydrogen-bond acceptors (Lipinski definition) is 5. The number of nitro benzene ring substituents is 1. The quantitative estimate of drug-likeness (QED) is 0.573. The number of non-ortho nitro benzene ring substituents is 1. The molecule has 154 valence electrons. The maximum absolute atomic E-state index is 13.0. The van der Waals surface area contributed by atoms with Crippen LogP contribution in [-0.2, 0) is 21.2 Å². The molecule has 0 aliphatic carbocycles. The second kappa shape index (κ2) is 8.71. The van der Waals surface area contributed by atoms with Crippen molar-refractivity contribution < 1.29 is 18.1 Å². The molecule has 2 aromatic rings. The third-order valence-electron chi connectivity index (χ3n) is 4.92. The first-order chi connectivity index (χ1) is 13.8. The third kappa shape index (κ3) is 4.99. The van der Waals surface area contributed by atoms with E-state index in [1.165, 1.54) is 34.6 Å². The van der Waals surface area contributed by atoms with E-state index in [1.807, 2.05) is 0 Å². The van der Waals surface area contributed by atoms with Crippen LogP contribution >= 0.6 is 0 Å². The minimum absolute atomic E-state index is 0.0279. The van der Waals surface area contributed by atoms with Crippen molar-refractivity contribution in [3.8, 4) is 0 Å². The smallest absolute Gasteiger partial charge is 0.269 e. The summed E-state index contributed by atoms with van der Waals surface area (Å²) in [6.45, 7) is 2.76. The van der Waals surface area contributed by atoms with Crippen LogP contribution in [0.15, 0.2) is 47.4 Å². The SMILES string of the molecule is Cc1ccc(NC(=O)Cc2ccc([N+](=O)[O-])cc2)cc1S(=O)(=O)N1CCCCC1. The molecule has 0 bridgehead atoms. The van der Waals surface area contributed by atoms with E-state index in [4.69, 9.17) is 0 Å². The Kier molecular flexibility index (Phi) is 6.29. The number of piperidine rings is 1. The summed E-state index contributed by atoms with van der Waals surface area (Å²) in [5, 5.41) is 13.4. The van der Waals surface area contributed by atoms with Crippen molar-refractivity contribution in [3.63, 3.8) is 0 Å². The first kappa shape index (κ1) is 20.9. The molecule has 0 saturated carbocycles. The second-order valence-corrected chi connectivity index (χ2v) is 9.00. The Bertz CT molecular complexity index is 1010. The Morgan fingerprint density at radius 1 is 1.10 bits per heavy atom. The van der Waals surface area contributed by atoms with Gasteiger partial charge in [0, 0.05) is 30.9 Å². The van der Waals surface area contributed by atoms with E-state index < -0.39 is 14.9 Å². The highest BCUT2D eigenvalue weighted by Crippen LogP contribution is 2.26. The highest BCUT2D eigenvalue weighted by Gasteiger charge is 2.27. The number of hydrogen-bond donors (Lipinski definition) is 1. The van der Waals surface area contributed by atoms with Crippen LogP contribution in [0.5, 0.6) is 0 Å². The maximum atomic E-state index is 13.0. The summed E-state index contributed by atoms with van der Waals surface area (Å²) in [5.74, 6) is -0.330. The van der Waals surface area contributed by atoms with Crippen LogP contribution in [0.2, 0.25) is 0 Å². The first-order valence-corrected chi connectivity index (χ1v) is 10.9. The van der Waals surface area contributed by atoms with Gasteiger partial charge in [-0.3, -0.25) is 14.9 Å². The summed E-state index contributed by atoms with van der Waals surface area (Å²) in [4.78, 5) is 22.7. The summed E-state index contributed by atoms with van der Waals surface area (Å²) in [5.41, 5.74) is 1.61. The first-order valence-electron chi connectivity index (χ1n) is 9.41. The molecule has 0 spiro atoms. The topological polar surface area (TPSA) is 110 Å². The molecule has 1 fully saturated rings. The molecule has 2 aromatic carbocycles. The van der Waals surface area contributed by atoms with E-state index in [0.29, 0.717) is 29.9 Å². The monoisotopic (exact) mass is 417 g/mol. The van der Waals surface area contributed by atoms with Gasteiger partial charge < -0.3 is 5.32 Å². The number of rotatable bonds is 6. The van der Waals surface area contributed by atoms with Gasteiger partial charge in [-0.25, -0.2) is 8.42 Å². The van der Waals surface area contributed by atoms with E-state index in [1.54, 1.807) is 19.1 Å². The molecule has 1 N–H and O–H groups in total. The van der Waals surface area contributed by atoms with Crippen molar-refractivity contribution in [2.75, 3.05) is 18.4 Å². The van der Waals surface area contributed by atoms with Crippen LogP contribution in [-0.4, -0.2) is 36.6 Å². The van der Waals surface area contributed by atoms with Crippen molar-refractivity contribution in [1.29, 1.82) is 0 Å². The number of nitro groups is 1. The minimum Gasteiger partial charge on any atom is -0.326 e. The number of nitrogens with zero attached hydrogens (tertiary/aromatic N) is 2. The lowest BCUT2D eigenvalue weighted by atomic mass is 10.1. The van der Waals surface area contributed by atoms with Crippen LogP contribution in [0.1, 0.15) is 30.4 Å². The fraction of sp³-hybridized carbons (Fsp3) is 0.350. The number of anilines is 1. The molecule has 1 aliphatic heterocycles. The summed E-state index contributed by atoms with van der Waals surface area (Å²) in [6, 6.07) is 10.6. The van der Waals surface area contributed by atoms with Crippen molar-refractivity contribution in [2.24, 2.45) is 0 Å². The lowest BCUT2D eigenvalue weighted by molar-refractivity contribution is -0.384. The van der Waals surface area contributed by atoms with Crippen LogP contribution in [0.4, 0.5) is 11.4 Å². The molecular weight excluding hydrogens is 394 g/mol. The number of amides is 1. The van der Waals surface area contributed by atoms with Gasteiger partial charge in [0.2, 0.25) is 15.9 Å². The summed E-state index contributed by atoms with van der Waals surface area (Å²) < 4.78 is 27.5. The number of benzene rings is 2. The molecule has 0 radical (unpaired) electrons. The third-order valence-corrected chi connectivity index (χ3v) is 6.96. The Morgan fingerprint density at radius 2 is 1.76 bits per heavy atom. The average Bonchev–Trinajstić information content (AvgIpc) is 2.70. The molecule has 1 amide bonds. The molecule has 3 rings (SSSR count). The molecule has 1 saturated heterocycles. The lowest BCUT2D eigenvalue weighted by Gasteiger charge is -2.26. The summed E-state index contributed by atoms with van der Waals surface area (Å²) in [6.07, 6.45) is 2.76. The molecule has 0 atom stereocenters. The van der Waals surface area contributed by atoms with E-state index in [-0.39, 0.29) is 22.9 Å². The largest absolute Gasteiger partial charge is 0.326 e. The van der Waals surface area contributed by atoms with Gasteiger partial charge in [-0.05, 0) is 43.0 Å². The van der Waals surface area contributed by atoms with Gasteiger partial charge in [0.1, 0.15) is 0 Å².